The first kappa shape index (κ1) is 16.3. The Bertz CT molecular complexity index is 731. The van der Waals surface area contributed by atoms with Crippen LogP contribution in [0, 0.1) is 0 Å². The molecule has 1 saturated heterocycles. The van der Waals surface area contributed by atoms with Gasteiger partial charge in [-0.3, -0.25) is 4.79 Å². The maximum absolute atomic E-state index is 12.4. The highest BCUT2D eigenvalue weighted by molar-refractivity contribution is 8.02. The summed E-state index contributed by atoms with van der Waals surface area (Å²) in [5.41, 5.74) is 1.07. The van der Waals surface area contributed by atoms with Crippen molar-refractivity contribution in [3.63, 3.8) is 0 Å². The molecule has 5 heteroatoms. The van der Waals surface area contributed by atoms with Gasteiger partial charge in [-0.15, -0.1) is 0 Å². The van der Waals surface area contributed by atoms with E-state index < -0.39 is 6.09 Å². The fraction of sp³-hybridized carbons (Fsp3) is 0.158. The largest absolute Gasteiger partial charge is 0.447 e. The molecule has 4 nitrogen and oxygen atoms in total. The van der Waals surface area contributed by atoms with Gasteiger partial charge in [0.05, 0.1) is 6.04 Å². The van der Waals surface area contributed by atoms with Crippen molar-refractivity contribution in [1.82, 2.24) is 4.90 Å². The highest BCUT2D eigenvalue weighted by Gasteiger charge is 2.36. The Kier molecular flexibility index (Phi) is 5.33. The van der Waals surface area contributed by atoms with Crippen LogP contribution < -0.4 is 0 Å². The van der Waals surface area contributed by atoms with Gasteiger partial charge in [-0.05, 0) is 29.5 Å². The Hall–Kier alpha value is -2.53. The number of thioether (sulfide) groups is 1. The maximum atomic E-state index is 12.4. The zero-order valence-electron chi connectivity index (χ0n) is 13.0. The van der Waals surface area contributed by atoms with Gasteiger partial charge in [0.15, 0.2) is 0 Å². The molecule has 3 rings (SSSR count). The van der Waals surface area contributed by atoms with Crippen molar-refractivity contribution in [2.24, 2.45) is 0 Å². The lowest BCUT2D eigenvalue weighted by atomic mass is 10.1. The topological polar surface area (TPSA) is 46.6 Å². The van der Waals surface area contributed by atoms with Crippen LogP contribution in [-0.4, -0.2) is 29.5 Å². The molecule has 24 heavy (non-hydrogen) atoms. The van der Waals surface area contributed by atoms with Crippen molar-refractivity contribution >= 4 is 23.8 Å². The molecule has 2 aromatic rings. The van der Waals surface area contributed by atoms with Crippen LogP contribution in [-0.2, 0) is 16.0 Å². The molecule has 1 aliphatic heterocycles. The van der Waals surface area contributed by atoms with Crippen LogP contribution in [0.4, 0.5) is 4.79 Å². The minimum atomic E-state index is -0.574. The van der Waals surface area contributed by atoms with E-state index in [0.29, 0.717) is 6.42 Å². The summed E-state index contributed by atoms with van der Waals surface area (Å²) >= 11 is 1.43. The number of carbonyl (C=O) groups is 2. The average molecular weight is 339 g/mol. The summed E-state index contributed by atoms with van der Waals surface area (Å²) in [7, 11) is 0. The summed E-state index contributed by atoms with van der Waals surface area (Å²) in [6, 6.07) is 19.2. The molecular formula is C19H17NO3S. The zero-order chi connectivity index (χ0) is 16.8. The van der Waals surface area contributed by atoms with Gasteiger partial charge in [0.25, 0.3) is 5.91 Å². The smallest absolute Gasteiger partial charge is 0.417 e. The van der Waals surface area contributed by atoms with Gasteiger partial charge in [0, 0.05) is 11.0 Å². The minimum absolute atomic E-state index is 0.235. The van der Waals surface area contributed by atoms with Crippen LogP contribution in [0.25, 0.3) is 0 Å². The quantitative estimate of drug-likeness (QED) is 0.612. The number of imide groups is 1. The van der Waals surface area contributed by atoms with E-state index >= 15 is 0 Å². The Labute approximate surface area is 145 Å². The van der Waals surface area contributed by atoms with Gasteiger partial charge in [-0.25, -0.2) is 9.69 Å². The third-order valence-electron chi connectivity index (χ3n) is 3.67. The van der Waals surface area contributed by atoms with Gasteiger partial charge in [-0.2, -0.15) is 0 Å². The monoisotopic (exact) mass is 339 g/mol. The Balaban J connectivity index is 1.64. The lowest BCUT2D eigenvalue weighted by Crippen LogP contribution is -2.39. The number of cyclic esters (lactones) is 1. The Morgan fingerprint density at radius 3 is 2.50 bits per heavy atom. The molecule has 1 aliphatic rings. The second-order valence-electron chi connectivity index (χ2n) is 5.36. The predicted molar refractivity (Wildman–Crippen MR) is 93.6 cm³/mol. The zero-order valence-corrected chi connectivity index (χ0v) is 13.8. The number of hydrogen-bond acceptors (Lipinski definition) is 4. The lowest BCUT2D eigenvalue weighted by Gasteiger charge is -2.17. The lowest BCUT2D eigenvalue weighted by molar-refractivity contribution is -0.124. The molecule has 122 valence electrons. The van der Waals surface area contributed by atoms with Crippen molar-refractivity contribution in [2.75, 3.05) is 6.61 Å². The third kappa shape index (κ3) is 4.06. The van der Waals surface area contributed by atoms with E-state index in [1.807, 2.05) is 60.7 Å². The molecule has 2 aromatic carbocycles. The van der Waals surface area contributed by atoms with Crippen molar-refractivity contribution in [3.8, 4) is 0 Å². The van der Waals surface area contributed by atoms with E-state index in [9.17, 15) is 9.59 Å². The summed E-state index contributed by atoms with van der Waals surface area (Å²) in [5, 5.41) is 1.70. The van der Waals surface area contributed by atoms with E-state index in [1.165, 1.54) is 22.7 Å². The number of rotatable bonds is 5. The van der Waals surface area contributed by atoms with E-state index in [0.717, 1.165) is 10.5 Å². The first-order valence-corrected chi connectivity index (χ1v) is 8.54. The summed E-state index contributed by atoms with van der Waals surface area (Å²) in [4.78, 5) is 26.5. The van der Waals surface area contributed by atoms with Gasteiger partial charge in [-0.1, -0.05) is 60.3 Å². The molecule has 0 bridgehead atoms. The van der Waals surface area contributed by atoms with Crippen molar-refractivity contribution < 1.29 is 14.3 Å². The molecule has 1 fully saturated rings. The third-order valence-corrected chi connectivity index (χ3v) is 4.49. The van der Waals surface area contributed by atoms with Crippen LogP contribution in [0.2, 0.25) is 0 Å². The van der Waals surface area contributed by atoms with E-state index in [1.54, 1.807) is 5.41 Å². The summed E-state index contributed by atoms with van der Waals surface area (Å²) in [5.74, 6) is -0.345. The second-order valence-corrected chi connectivity index (χ2v) is 6.34. The van der Waals surface area contributed by atoms with Gasteiger partial charge in [0.2, 0.25) is 0 Å². The van der Waals surface area contributed by atoms with Crippen LogP contribution in [0.1, 0.15) is 5.56 Å². The van der Waals surface area contributed by atoms with Crippen LogP contribution in [0.15, 0.2) is 77.0 Å². The fourth-order valence-corrected chi connectivity index (χ4v) is 3.17. The average Bonchev–Trinajstić information content (AvgIpc) is 2.97. The molecule has 0 aliphatic carbocycles. The summed E-state index contributed by atoms with van der Waals surface area (Å²) < 4.78 is 5.06. The predicted octanol–water partition coefficient (Wildman–Crippen LogP) is 3.88. The second kappa shape index (κ2) is 7.84. The van der Waals surface area contributed by atoms with Gasteiger partial charge >= 0.3 is 6.09 Å². The fourth-order valence-electron chi connectivity index (χ4n) is 2.52. The van der Waals surface area contributed by atoms with E-state index in [-0.39, 0.29) is 18.6 Å². The summed E-state index contributed by atoms with van der Waals surface area (Å²) in [6.45, 7) is 0.235. The highest BCUT2D eigenvalue weighted by atomic mass is 32.2. The van der Waals surface area contributed by atoms with Crippen LogP contribution in [0.3, 0.4) is 0 Å². The number of benzene rings is 2. The molecule has 1 atom stereocenters. The Morgan fingerprint density at radius 1 is 1.12 bits per heavy atom. The number of carbonyl (C=O) groups excluding carboxylic acids is 2. The minimum Gasteiger partial charge on any atom is -0.447 e. The maximum Gasteiger partial charge on any atom is 0.417 e. The molecule has 2 amide bonds. The van der Waals surface area contributed by atoms with Crippen LogP contribution in [0.5, 0.6) is 0 Å². The van der Waals surface area contributed by atoms with Crippen molar-refractivity contribution in [2.45, 2.75) is 17.4 Å². The van der Waals surface area contributed by atoms with E-state index in [2.05, 4.69) is 0 Å². The normalized spacial score (nSPS) is 17.2. The SMILES string of the molecule is O=C(C=CSc1ccccc1)N1C(=O)OC[C@@H]1Cc1ccccc1. The molecule has 0 aromatic heterocycles. The number of ether oxygens (including phenoxy) is 1. The van der Waals surface area contributed by atoms with Gasteiger partial charge in [0.1, 0.15) is 6.61 Å². The van der Waals surface area contributed by atoms with Crippen molar-refractivity contribution in [1.29, 1.82) is 0 Å². The summed E-state index contributed by atoms with van der Waals surface area (Å²) in [6.07, 6.45) is 1.44. The van der Waals surface area contributed by atoms with E-state index in [4.69, 9.17) is 4.74 Å². The highest BCUT2D eigenvalue weighted by Crippen LogP contribution is 2.20. The molecule has 0 unspecified atom stereocenters. The molecule has 0 radical (unpaired) electrons. The first-order valence-electron chi connectivity index (χ1n) is 7.66. The first-order chi connectivity index (χ1) is 11.7. The number of amides is 2. The molecular weight excluding hydrogens is 322 g/mol. The molecule has 0 N–H and O–H groups in total. The van der Waals surface area contributed by atoms with Crippen molar-refractivity contribution in [3.05, 3.63) is 77.7 Å². The van der Waals surface area contributed by atoms with Crippen LogP contribution >= 0.6 is 11.8 Å². The number of nitrogens with zero attached hydrogens (tertiary/aromatic N) is 1. The standard InChI is InChI=1S/C19H17NO3S/c21-18(11-12-24-17-9-5-2-6-10-17)20-16(14-23-19(20)22)13-15-7-3-1-4-8-15/h1-12,16H,13-14H2/t16-/m0/s1. The number of hydrogen-bond donors (Lipinski definition) is 0. The van der Waals surface area contributed by atoms with Gasteiger partial charge < -0.3 is 4.74 Å². The molecule has 0 spiro atoms. The molecule has 0 saturated carbocycles. The molecule has 1 heterocycles. The Morgan fingerprint density at radius 2 is 1.79 bits per heavy atom.